The third-order valence-electron chi connectivity index (χ3n) is 3.37. The molecule has 3 heteroatoms. The lowest BCUT2D eigenvalue weighted by Gasteiger charge is -2.21. The summed E-state index contributed by atoms with van der Waals surface area (Å²) in [5.41, 5.74) is 1.24. The first kappa shape index (κ1) is 15.0. The molecule has 3 nitrogen and oxygen atoms in total. The highest BCUT2D eigenvalue weighted by atomic mass is 16.5. The predicted molar refractivity (Wildman–Crippen MR) is 76.1 cm³/mol. The van der Waals surface area contributed by atoms with Crippen molar-refractivity contribution in [2.24, 2.45) is 11.8 Å². The molecule has 0 bridgehead atoms. The van der Waals surface area contributed by atoms with Crippen LogP contribution in [-0.4, -0.2) is 25.2 Å². The van der Waals surface area contributed by atoms with Crippen molar-refractivity contribution in [2.45, 2.75) is 33.6 Å². The molecular formula is C15H26N2O. The SMILES string of the molecule is COc1cncc(C(C)C(C)CNCC(C)C)c1. The van der Waals surface area contributed by atoms with Crippen molar-refractivity contribution in [3.63, 3.8) is 0 Å². The Bertz CT molecular complexity index is 352. The van der Waals surface area contributed by atoms with Gasteiger partial charge in [-0.3, -0.25) is 4.98 Å². The number of nitrogens with one attached hydrogen (secondary N) is 1. The molecule has 102 valence electrons. The van der Waals surface area contributed by atoms with Gasteiger partial charge in [0, 0.05) is 6.20 Å². The van der Waals surface area contributed by atoms with Gasteiger partial charge >= 0.3 is 0 Å². The topological polar surface area (TPSA) is 34.1 Å². The predicted octanol–water partition coefficient (Wildman–Crippen LogP) is 3.08. The van der Waals surface area contributed by atoms with E-state index in [1.165, 1.54) is 5.56 Å². The van der Waals surface area contributed by atoms with Gasteiger partial charge in [-0.05, 0) is 42.5 Å². The Kier molecular flexibility index (Phi) is 6.13. The van der Waals surface area contributed by atoms with Crippen LogP contribution in [0.2, 0.25) is 0 Å². The zero-order valence-corrected chi connectivity index (χ0v) is 12.2. The van der Waals surface area contributed by atoms with Crippen molar-refractivity contribution in [1.29, 1.82) is 0 Å². The summed E-state index contributed by atoms with van der Waals surface area (Å²) in [6.45, 7) is 11.1. The lowest BCUT2D eigenvalue weighted by atomic mass is 9.89. The minimum absolute atomic E-state index is 0.479. The average Bonchev–Trinajstić information content (AvgIpc) is 2.37. The normalized spacial score (nSPS) is 14.6. The standard InChI is InChI=1S/C15H26N2O/c1-11(2)7-16-8-12(3)13(4)14-6-15(18-5)10-17-9-14/h6,9-13,16H,7-8H2,1-5H3. The first-order chi connectivity index (χ1) is 8.54. The first-order valence-electron chi connectivity index (χ1n) is 6.74. The van der Waals surface area contributed by atoms with E-state index in [4.69, 9.17) is 4.74 Å². The molecule has 0 saturated carbocycles. The van der Waals surface area contributed by atoms with E-state index in [0.717, 1.165) is 18.8 Å². The minimum Gasteiger partial charge on any atom is -0.495 e. The average molecular weight is 250 g/mol. The summed E-state index contributed by atoms with van der Waals surface area (Å²) in [5.74, 6) is 2.60. The number of pyridine rings is 1. The molecule has 0 radical (unpaired) electrons. The Morgan fingerprint density at radius 3 is 2.50 bits per heavy atom. The molecule has 0 fully saturated rings. The zero-order valence-electron chi connectivity index (χ0n) is 12.2. The van der Waals surface area contributed by atoms with Gasteiger partial charge in [-0.2, -0.15) is 0 Å². The smallest absolute Gasteiger partial charge is 0.137 e. The van der Waals surface area contributed by atoms with Gasteiger partial charge in [-0.15, -0.1) is 0 Å². The number of rotatable bonds is 7. The number of hydrogen-bond donors (Lipinski definition) is 1. The van der Waals surface area contributed by atoms with Gasteiger partial charge in [-0.25, -0.2) is 0 Å². The molecule has 1 N–H and O–H groups in total. The Hall–Kier alpha value is -1.09. The molecule has 1 heterocycles. The van der Waals surface area contributed by atoms with E-state index in [9.17, 15) is 0 Å². The number of hydrogen-bond acceptors (Lipinski definition) is 3. The molecule has 2 unspecified atom stereocenters. The summed E-state index contributed by atoms with van der Waals surface area (Å²) in [6, 6.07) is 2.08. The van der Waals surface area contributed by atoms with Gasteiger partial charge in [0.15, 0.2) is 0 Å². The zero-order chi connectivity index (χ0) is 13.5. The molecule has 0 aliphatic rings. The van der Waals surface area contributed by atoms with Crippen LogP contribution in [0.5, 0.6) is 5.75 Å². The van der Waals surface area contributed by atoms with Gasteiger partial charge in [0.1, 0.15) is 5.75 Å². The molecule has 1 rings (SSSR count). The molecule has 0 spiro atoms. The first-order valence-corrected chi connectivity index (χ1v) is 6.74. The lowest BCUT2D eigenvalue weighted by molar-refractivity contribution is 0.406. The van der Waals surface area contributed by atoms with E-state index in [0.29, 0.717) is 17.8 Å². The van der Waals surface area contributed by atoms with Crippen LogP contribution in [0.3, 0.4) is 0 Å². The summed E-state index contributed by atoms with van der Waals surface area (Å²) in [5, 5.41) is 3.51. The lowest BCUT2D eigenvalue weighted by Crippen LogP contribution is -2.27. The van der Waals surface area contributed by atoms with E-state index in [1.807, 2.05) is 6.20 Å². The largest absolute Gasteiger partial charge is 0.495 e. The van der Waals surface area contributed by atoms with Gasteiger partial charge in [0.2, 0.25) is 0 Å². The summed E-state index contributed by atoms with van der Waals surface area (Å²) in [7, 11) is 1.68. The van der Waals surface area contributed by atoms with Crippen LogP contribution in [0.25, 0.3) is 0 Å². The third-order valence-corrected chi connectivity index (χ3v) is 3.37. The van der Waals surface area contributed by atoms with Crippen LogP contribution >= 0.6 is 0 Å². The van der Waals surface area contributed by atoms with Gasteiger partial charge < -0.3 is 10.1 Å². The van der Waals surface area contributed by atoms with Crippen LogP contribution in [0.1, 0.15) is 39.2 Å². The number of nitrogens with zero attached hydrogens (tertiary/aromatic N) is 1. The fourth-order valence-electron chi connectivity index (χ4n) is 1.90. The third kappa shape index (κ3) is 4.65. The van der Waals surface area contributed by atoms with Crippen molar-refractivity contribution in [2.75, 3.05) is 20.2 Å². The van der Waals surface area contributed by atoms with Gasteiger partial charge in [0.25, 0.3) is 0 Å². The summed E-state index contributed by atoms with van der Waals surface area (Å²) >= 11 is 0. The molecule has 0 saturated heterocycles. The molecule has 1 aromatic rings. The maximum Gasteiger partial charge on any atom is 0.137 e. The monoisotopic (exact) mass is 250 g/mol. The fourth-order valence-corrected chi connectivity index (χ4v) is 1.90. The summed E-state index contributed by atoms with van der Waals surface area (Å²) < 4.78 is 5.22. The second-order valence-corrected chi connectivity index (χ2v) is 5.48. The van der Waals surface area contributed by atoms with E-state index >= 15 is 0 Å². The van der Waals surface area contributed by atoms with Crippen molar-refractivity contribution in [3.8, 4) is 5.75 Å². The fraction of sp³-hybridized carbons (Fsp3) is 0.667. The quantitative estimate of drug-likeness (QED) is 0.807. The van der Waals surface area contributed by atoms with Crippen molar-refractivity contribution < 1.29 is 4.74 Å². The molecule has 1 aromatic heterocycles. The summed E-state index contributed by atoms with van der Waals surface area (Å²) in [4.78, 5) is 4.22. The Balaban J connectivity index is 2.53. The summed E-state index contributed by atoms with van der Waals surface area (Å²) in [6.07, 6.45) is 3.68. The number of methoxy groups -OCH3 is 1. The molecule has 0 amide bonds. The van der Waals surface area contributed by atoms with Crippen molar-refractivity contribution in [3.05, 3.63) is 24.0 Å². The Labute approximate surface area is 111 Å². The molecular weight excluding hydrogens is 224 g/mol. The second-order valence-electron chi connectivity index (χ2n) is 5.48. The van der Waals surface area contributed by atoms with Crippen LogP contribution in [0.15, 0.2) is 18.5 Å². The van der Waals surface area contributed by atoms with Crippen LogP contribution < -0.4 is 10.1 Å². The van der Waals surface area contributed by atoms with Crippen LogP contribution in [-0.2, 0) is 0 Å². The molecule has 0 aromatic carbocycles. The van der Waals surface area contributed by atoms with Crippen molar-refractivity contribution >= 4 is 0 Å². The van der Waals surface area contributed by atoms with Crippen molar-refractivity contribution in [1.82, 2.24) is 10.3 Å². The van der Waals surface area contributed by atoms with Crippen LogP contribution in [0, 0.1) is 11.8 Å². The van der Waals surface area contributed by atoms with Gasteiger partial charge in [0.05, 0.1) is 13.3 Å². The molecule has 0 aliphatic heterocycles. The second kappa shape index (κ2) is 7.37. The molecule has 2 atom stereocenters. The highest BCUT2D eigenvalue weighted by Gasteiger charge is 2.15. The number of ether oxygens (including phenoxy) is 1. The minimum atomic E-state index is 0.479. The Morgan fingerprint density at radius 1 is 1.17 bits per heavy atom. The van der Waals surface area contributed by atoms with E-state index in [-0.39, 0.29) is 0 Å². The number of aromatic nitrogens is 1. The maximum absolute atomic E-state index is 5.22. The molecule has 18 heavy (non-hydrogen) atoms. The highest BCUT2D eigenvalue weighted by molar-refractivity contribution is 5.26. The maximum atomic E-state index is 5.22. The van der Waals surface area contributed by atoms with E-state index < -0.39 is 0 Å². The Morgan fingerprint density at radius 2 is 1.89 bits per heavy atom. The van der Waals surface area contributed by atoms with Gasteiger partial charge in [-0.1, -0.05) is 27.7 Å². The van der Waals surface area contributed by atoms with E-state index in [2.05, 4.69) is 44.1 Å². The molecule has 0 aliphatic carbocycles. The van der Waals surface area contributed by atoms with Crippen LogP contribution in [0.4, 0.5) is 0 Å². The van der Waals surface area contributed by atoms with E-state index in [1.54, 1.807) is 13.3 Å². The highest BCUT2D eigenvalue weighted by Crippen LogP contribution is 2.25.